The van der Waals surface area contributed by atoms with Crippen molar-refractivity contribution >= 4 is 11.6 Å². The first-order chi connectivity index (χ1) is 9.34. The second-order valence-corrected chi connectivity index (χ2v) is 4.81. The maximum Gasteiger partial charge on any atom is 0.416 e. The van der Waals surface area contributed by atoms with Gasteiger partial charge < -0.3 is 0 Å². The number of alkyl halides is 3. The summed E-state index contributed by atoms with van der Waals surface area (Å²) in [5.74, 6) is 0.550. The van der Waals surface area contributed by atoms with Crippen LogP contribution in [0.3, 0.4) is 0 Å². The Hall–Kier alpha value is -1.56. The fraction of sp³-hybridized carbons (Fsp3) is 0.385. The third-order valence-corrected chi connectivity index (χ3v) is 3.19. The van der Waals surface area contributed by atoms with E-state index >= 15 is 0 Å². The van der Waals surface area contributed by atoms with Gasteiger partial charge in [0.15, 0.2) is 0 Å². The molecule has 0 amide bonds. The van der Waals surface area contributed by atoms with E-state index in [4.69, 9.17) is 11.6 Å². The highest BCUT2D eigenvalue weighted by molar-refractivity contribution is 6.28. The smallest absolute Gasteiger partial charge is 0.270 e. The first-order valence-electron chi connectivity index (χ1n) is 6.12. The SMILES string of the molecule is CCCc1nnc(Cl)n1-c1ccc(C)c(C(F)(F)F)c1. The van der Waals surface area contributed by atoms with E-state index in [1.807, 2.05) is 6.92 Å². The summed E-state index contributed by atoms with van der Waals surface area (Å²) in [6.07, 6.45) is -3.01. The molecule has 1 heterocycles. The van der Waals surface area contributed by atoms with Crippen molar-refractivity contribution in [3.63, 3.8) is 0 Å². The molecular formula is C13H13ClF3N3. The number of rotatable bonds is 3. The fourth-order valence-corrected chi connectivity index (χ4v) is 2.22. The zero-order valence-electron chi connectivity index (χ0n) is 11.0. The molecule has 0 aliphatic carbocycles. The summed E-state index contributed by atoms with van der Waals surface area (Å²) >= 11 is 5.93. The average Bonchev–Trinajstić information content (AvgIpc) is 2.71. The topological polar surface area (TPSA) is 30.7 Å². The van der Waals surface area contributed by atoms with Gasteiger partial charge in [-0.1, -0.05) is 13.0 Å². The summed E-state index contributed by atoms with van der Waals surface area (Å²) < 4.78 is 40.3. The molecule has 1 aromatic carbocycles. The molecule has 0 atom stereocenters. The van der Waals surface area contributed by atoms with Gasteiger partial charge in [-0.3, -0.25) is 4.57 Å². The van der Waals surface area contributed by atoms with Gasteiger partial charge in [0.2, 0.25) is 5.28 Å². The van der Waals surface area contributed by atoms with E-state index in [0.717, 1.165) is 12.5 Å². The lowest BCUT2D eigenvalue weighted by atomic mass is 10.1. The predicted molar refractivity (Wildman–Crippen MR) is 70.1 cm³/mol. The highest BCUT2D eigenvalue weighted by Crippen LogP contribution is 2.33. The molecule has 0 N–H and O–H groups in total. The van der Waals surface area contributed by atoms with Crippen molar-refractivity contribution in [1.82, 2.24) is 14.8 Å². The van der Waals surface area contributed by atoms with Crippen LogP contribution in [0.25, 0.3) is 5.69 Å². The second-order valence-electron chi connectivity index (χ2n) is 4.47. The Bertz CT molecular complexity index is 620. The number of aryl methyl sites for hydroxylation is 2. The molecular weight excluding hydrogens is 291 g/mol. The molecule has 2 aromatic rings. The molecule has 0 fully saturated rings. The van der Waals surface area contributed by atoms with Crippen molar-refractivity contribution in [2.45, 2.75) is 32.9 Å². The first kappa shape index (κ1) is 14.8. The monoisotopic (exact) mass is 303 g/mol. The van der Waals surface area contributed by atoms with Gasteiger partial charge in [0.1, 0.15) is 5.82 Å². The minimum absolute atomic E-state index is 0.0606. The van der Waals surface area contributed by atoms with Crippen molar-refractivity contribution in [2.24, 2.45) is 0 Å². The van der Waals surface area contributed by atoms with E-state index in [2.05, 4.69) is 10.2 Å². The Morgan fingerprint density at radius 2 is 1.95 bits per heavy atom. The van der Waals surface area contributed by atoms with Gasteiger partial charge in [-0.2, -0.15) is 13.2 Å². The Balaban J connectivity index is 2.57. The summed E-state index contributed by atoms with van der Waals surface area (Å²) in [4.78, 5) is 0. The quantitative estimate of drug-likeness (QED) is 0.851. The molecule has 0 spiro atoms. The van der Waals surface area contributed by atoms with E-state index in [9.17, 15) is 13.2 Å². The van der Waals surface area contributed by atoms with Gasteiger partial charge in [-0.25, -0.2) is 0 Å². The Labute approximate surface area is 119 Å². The summed E-state index contributed by atoms with van der Waals surface area (Å²) in [5, 5.41) is 7.68. The number of benzene rings is 1. The van der Waals surface area contributed by atoms with Crippen molar-refractivity contribution in [1.29, 1.82) is 0 Å². The molecule has 20 heavy (non-hydrogen) atoms. The third-order valence-electron chi connectivity index (χ3n) is 2.95. The molecule has 0 aliphatic rings. The van der Waals surface area contributed by atoms with Crippen LogP contribution in [0.5, 0.6) is 0 Å². The second kappa shape index (κ2) is 5.44. The van der Waals surface area contributed by atoms with Crippen LogP contribution in [0.1, 0.15) is 30.3 Å². The number of halogens is 4. The zero-order valence-corrected chi connectivity index (χ0v) is 11.8. The molecule has 3 nitrogen and oxygen atoms in total. The summed E-state index contributed by atoms with van der Waals surface area (Å²) in [7, 11) is 0. The lowest BCUT2D eigenvalue weighted by Gasteiger charge is -2.13. The maximum absolute atomic E-state index is 12.9. The van der Waals surface area contributed by atoms with Crippen LogP contribution in [-0.4, -0.2) is 14.8 Å². The highest BCUT2D eigenvalue weighted by Gasteiger charge is 2.32. The summed E-state index contributed by atoms with van der Waals surface area (Å²) in [5.41, 5.74) is -0.189. The van der Waals surface area contributed by atoms with Crippen molar-refractivity contribution in [2.75, 3.05) is 0 Å². The third kappa shape index (κ3) is 2.80. The van der Waals surface area contributed by atoms with Gasteiger partial charge in [0, 0.05) is 6.42 Å². The molecule has 2 rings (SSSR count). The van der Waals surface area contributed by atoms with Crippen LogP contribution in [0, 0.1) is 6.92 Å². The normalized spacial score (nSPS) is 11.9. The van der Waals surface area contributed by atoms with Crippen molar-refractivity contribution < 1.29 is 13.2 Å². The van der Waals surface area contributed by atoms with E-state index in [-0.39, 0.29) is 10.8 Å². The van der Waals surface area contributed by atoms with Gasteiger partial charge in [0.25, 0.3) is 0 Å². The van der Waals surface area contributed by atoms with Crippen LogP contribution in [0.15, 0.2) is 18.2 Å². The van der Waals surface area contributed by atoms with Crippen LogP contribution < -0.4 is 0 Å². The van der Waals surface area contributed by atoms with Gasteiger partial charge >= 0.3 is 6.18 Å². The van der Waals surface area contributed by atoms with Gasteiger partial charge in [-0.05, 0) is 42.6 Å². The number of nitrogens with zero attached hydrogens (tertiary/aromatic N) is 3. The molecule has 1 aromatic heterocycles. The van der Waals surface area contributed by atoms with Gasteiger partial charge in [0.05, 0.1) is 11.3 Å². The molecule has 0 aliphatic heterocycles. The molecule has 0 saturated carbocycles. The van der Waals surface area contributed by atoms with E-state index in [1.54, 1.807) is 6.07 Å². The van der Waals surface area contributed by atoms with Crippen LogP contribution in [-0.2, 0) is 12.6 Å². The Morgan fingerprint density at radius 3 is 2.55 bits per heavy atom. The Morgan fingerprint density at radius 1 is 1.25 bits per heavy atom. The Kier molecular flexibility index (Phi) is 4.04. The van der Waals surface area contributed by atoms with Crippen LogP contribution in [0.2, 0.25) is 5.28 Å². The number of hydrogen-bond acceptors (Lipinski definition) is 2. The molecule has 7 heteroatoms. The van der Waals surface area contributed by atoms with E-state index in [0.29, 0.717) is 17.9 Å². The lowest BCUT2D eigenvalue weighted by Crippen LogP contribution is -2.10. The van der Waals surface area contributed by atoms with Crippen LogP contribution >= 0.6 is 11.6 Å². The highest BCUT2D eigenvalue weighted by atomic mass is 35.5. The minimum atomic E-state index is -4.40. The molecule has 0 unspecified atom stereocenters. The average molecular weight is 304 g/mol. The minimum Gasteiger partial charge on any atom is -0.270 e. The van der Waals surface area contributed by atoms with Crippen molar-refractivity contribution in [3.8, 4) is 5.69 Å². The molecule has 108 valence electrons. The standard InChI is InChI=1S/C13H13ClF3N3/c1-3-4-11-18-19-12(14)20(11)9-6-5-8(2)10(7-9)13(15,16)17/h5-7H,3-4H2,1-2H3. The van der Waals surface area contributed by atoms with Crippen molar-refractivity contribution in [3.05, 3.63) is 40.4 Å². The number of aromatic nitrogens is 3. The first-order valence-corrected chi connectivity index (χ1v) is 6.50. The molecule has 0 bridgehead atoms. The summed E-state index contributed by atoms with van der Waals surface area (Å²) in [6.45, 7) is 3.37. The maximum atomic E-state index is 12.9. The predicted octanol–water partition coefficient (Wildman–Crippen LogP) is 4.20. The van der Waals surface area contributed by atoms with Crippen LogP contribution in [0.4, 0.5) is 13.2 Å². The van der Waals surface area contributed by atoms with Gasteiger partial charge in [-0.15, -0.1) is 10.2 Å². The summed E-state index contributed by atoms with van der Waals surface area (Å²) in [6, 6.07) is 4.08. The largest absolute Gasteiger partial charge is 0.416 e. The van der Waals surface area contributed by atoms with E-state index < -0.39 is 11.7 Å². The molecule has 0 saturated heterocycles. The lowest BCUT2D eigenvalue weighted by molar-refractivity contribution is -0.138. The molecule has 0 radical (unpaired) electrons. The number of hydrogen-bond donors (Lipinski definition) is 0. The van der Waals surface area contributed by atoms with E-state index in [1.165, 1.54) is 17.6 Å². The fourth-order valence-electron chi connectivity index (χ4n) is 1.99. The zero-order chi connectivity index (χ0) is 14.9.